The van der Waals surface area contributed by atoms with Crippen LogP contribution in [0.15, 0.2) is 23.3 Å². The van der Waals surface area contributed by atoms with Crippen molar-refractivity contribution in [1.29, 1.82) is 0 Å². The fourth-order valence-electron chi connectivity index (χ4n) is 3.32. The lowest BCUT2D eigenvalue weighted by atomic mass is 9.72. The third-order valence-electron chi connectivity index (χ3n) is 5.07. The smallest absolute Gasteiger partial charge is 0.240 e. The van der Waals surface area contributed by atoms with Crippen molar-refractivity contribution < 1.29 is 9.53 Å². The highest BCUT2D eigenvalue weighted by atomic mass is 35.5. The van der Waals surface area contributed by atoms with E-state index in [9.17, 15) is 4.79 Å². The molecule has 0 bridgehead atoms. The Kier molecular flexibility index (Phi) is 7.51. The van der Waals surface area contributed by atoms with Gasteiger partial charge in [-0.25, -0.2) is 5.43 Å². The standard InChI is InChI=1S/C21H31ClN2O2/c1-15-14-17(22)9-12-19(15)26-13-5-6-20(25)24-23-18-10-7-16(8-11-18)21(2,3)4/h9,12,14,16H,5-8,10-11,13H2,1-4H3,(H,24,25). The molecule has 1 aromatic carbocycles. The number of ether oxygens (including phenoxy) is 1. The van der Waals surface area contributed by atoms with Crippen LogP contribution in [0.3, 0.4) is 0 Å². The number of nitrogens with one attached hydrogen (secondary N) is 1. The third kappa shape index (κ3) is 6.64. The summed E-state index contributed by atoms with van der Waals surface area (Å²) in [6, 6.07) is 5.53. The molecule has 0 heterocycles. The Morgan fingerprint density at radius 1 is 1.31 bits per heavy atom. The number of hydrazone groups is 1. The molecule has 1 aliphatic rings. The lowest BCUT2D eigenvalue weighted by molar-refractivity contribution is -0.121. The van der Waals surface area contributed by atoms with Gasteiger partial charge in [-0.1, -0.05) is 32.4 Å². The molecule has 0 saturated heterocycles. The minimum atomic E-state index is -0.0492. The van der Waals surface area contributed by atoms with Crippen LogP contribution in [0.2, 0.25) is 5.02 Å². The minimum absolute atomic E-state index is 0.0492. The first kappa shape index (κ1) is 20.8. The van der Waals surface area contributed by atoms with Gasteiger partial charge in [-0.15, -0.1) is 0 Å². The second kappa shape index (κ2) is 9.40. The number of hydrogen-bond donors (Lipinski definition) is 1. The fraction of sp³-hybridized carbons (Fsp3) is 0.619. The number of amides is 1. The summed E-state index contributed by atoms with van der Waals surface area (Å²) in [7, 11) is 0. The molecule has 1 saturated carbocycles. The molecule has 4 nitrogen and oxygen atoms in total. The molecule has 26 heavy (non-hydrogen) atoms. The van der Waals surface area contributed by atoms with Gasteiger partial charge in [0.2, 0.25) is 5.91 Å². The van der Waals surface area contributed by atoms with E-state index in [1.54, 1.807) is 6.07 Å². The van der Waals surface area contributed by atoms with E-state index in [1.165, 1.54) is 0 Å². The highest BCUT2D eigenvalue weighted by molar-refractivity contribution is 6.30. The molecular formula is C21H31ClN2O2. The summed E-state index contributed by atoms with van der Waals surface area (Å²) in [5.74, 6) is 1.50. The van der Waals surface area contributed by atoms with Crippen LogP contribution in [0, 0.1) is 18.3 Å². The number of nitrogens with zero attached hydrogens (tertiary/aromatic N) is 1. The van der Waals surface area contributed by atoms with Gasteiger partial charge in [-0.2, -0.15) is 5.10 Å². The first-order valence-corrected chi connectivity index (χ1v) is 9.86. The number of rotatable bonds is 6. The van der Waals surface area contributed by atoms with E-state index in [2.05, 4.69) is 31.3 Å². The van der Waals surface area contributed by atoms with E-state index in [4.69, 9.17) is 16.3 Å². The molecule has 0 unspecified atom stereocenters. The maximum Gasteiger partial charge on any atom is 0.240 e. The highest BCUT2D eigenvalue weighted by Crippen LogP contribution is 2.36. The summed E-state index contributed by atoms with van der Waals surface area (Å²) < 4.78 is 5.71. The molecule has 0 spiro atoms. The van der Waals surface area contributed by atoms with Crippen molar-refractivity contribution in [3.05, 3.63) is 28.8 Å². The molecule has 1 aromatic rings. The van der Waals surface area contributed by atoms with Gasteiger partial charge in [0, 0.05) is 17.2 Å². The molecule has 2 rings (SSSR count). The Balaban J connectivity index is 1.65. The van der Waals surface area contributed by atoms with E-state index >= 15 is 0 Å². The Labute approximate surface area is 162 Å². The van der Waals surface area contributed by atoms with Crippen LogP contribution in [0.1, 0.15) is 64.9 Å². The maximum absolute atomic E-state index is 11.9. The molecule has 144 valence electrons. The van der Waals surface area contributed by atoms with E-state index in [0.29, 0.717) is 29.9 Å². The fourth-order valence-corrected chi connectivity index (χ4v) is 3.54. The first-order chi connectivity index (χ1) is 12.3. The third-order valence-corrected chi connectivity index (χ3v) is 5.30. The van der Waals surface area contributed by atoms with E-state index in [1.807, 2.05) is 19.1 Å². The largest absolute Gasteiger partial charge is 0.493 e. The number of hydrogen-bond acceptors (Lipinski definition) is 3. The zero-order valence-corrected chi connectivity index (χ0v) is 17.2. The summed E-state index contributed by atoms with van der Waals surface area (Å²) in [6.07, 6.45) is 5.36. The van der Waals surface area contributed by atoms with Crippen molar-refractivity contribution in [2.24, 2.45) is 16.4 Å². The lowest BCUT2D eigenvalue weighted by Gasteiger charge is -2.34. The van der Waals surface area contributed by atoms with Crippen molar-refractivity contribution in [3.8, 4) is 5.75 Å². The van der Waals surface area contributed by atoms with Crippen molar-refractivity contribution in [1.82, 2.24) is 5.43 Å². The van der Waals surface area contributed by atoms with Crippen LogP contribution >= 0.6 is 11.6 Å². The summed E-state index contributed by atoms with van der Waals surface area (Å²) in [5.41, 5.74) is 5.17. The van der Waals surface area contributed by atoms with Gasteiger partial charge in [0.1, 0.15) is 5.75 Å². The van der Waals surface area contributed by atoms with Crippen molar-refractivity contribution in [3.63, 3.8) is 0 Å². The number of halogens is 1. The predicted octanol–water partition coefficient (Wildman–Crippen LogP) is 5.52. The highest BCUT2D eigenvalue weighted by Gasteiger charge is 2.28. The van der Waals surface area contributed by atoms with Gasteiger partial charge in [0.25, 0.3) is 0 Å². The SMILES string of the molecule is Cc1cc(Cl)ccc1OCCCC(=O)NN=C1CCC(C(C)(C)C)CC1. The molecule has 0 aliphatic heterocycles. The van der Waals surface area contributed by atoms with Gasteiger partial charge in [0.15, 0.2) is 0 Å². The zero-order chi connectivity index (χ0) is 19.2. The van der Waals surface area contributed by atoms with Crippen LogP contribution in [0.5, 0.6) is 5.75 Å². The van der Waals surface area contributed by atoms with Crippen molar-refractivity contribution >= 4 is 23.2 Å². The molecule has 1 amide bonds. The summed E-state index contributed by atoms with van der Waals surface area (Å²) in [5, 5.41) is 5.02. The van der Waals surface area contributed by atoms with Crippen LogP contribution < -0.4 is 10.2 Å². The normalized spacial score (nSPS) is 17.7. The van der Waals surface area contributed by atoms with Gasteiger partial charge >= 0.3 is 0 Å². The Hall–Kier alpha value is -1.55. The second-order valence-electron chi connectivity index (χ2n) is 8.22. The molecular weight excluding hydrogens is 348 g/mol. The van der Waals surface area contributed by atoms with Crippen molar-refractivity contribution in [2.45, 2.75) is 66.2 Å². The molecule has 0 radical (unpaired) electrons. The number of aryl methyl sites for hydroxylation is 1. The number of carbonyl (C=O) groups excluding carboxylic acids is 1. The monoisotopic (exact) mass is 378 g/mol. The molecule has 5 heteroatoms. The van der Waals surface area contributed by atoms with Gasteiger partial charge in [0.05, 0.1) is 6.61 Å². The topological polar surface area (TPSA) is 50.7 Å². The quantitative estimate of drug-likeness (QED) is 0.523. The summed E-state index contributed by atoms with van der Waals surface area (Å²) in [4.78, 5) is 11.9. The number of benzene rings is 1. The average Bonchev–Trinajstić information content (AvgIpc) is 2.58. The first-order valence-electron chi connectivity index (χ1n) is 9.49. The summed E-state index contributed by atoms with van der Waals surface area (Å²) in [6.45, 7) is 9.36. The average molecular weight is 379 g/mol. The van der Waals surface area contributed by atoms with E-state index < -0.39 is 0 Å². The molecule has 1 fully saturated rings. The van der Waals surface area contributed by atoms with E-state index in [0.717, 1.165) is 48.6 Å². The minimum Gasteiger partial charge on any atom is -0.493 e. The Bertz CT molecular complexity index is 640. The summed E-state index contributed by atoms with van der Waals surface area (Å²) >= 11 is 5.93. The van der Waals surface area contributed by atoms with Crippen LogP contribution in [-0.2, 0) is 4.79 Å². The second-order valence-corrected chi connectivity index (χ2v) is 8.65. The van der Waals surface area contributed by atoms with Crippen LogP contribution in [0.4, 0.5) is 0 Å². The van der Waals surface area contributed by atoms with Gasteiger partial charge < -0.3 is 4.74 Å². The number of carbonyl (C=O) groups is 1. The molecule has 0 aromatic heterocycles. The Morgan fingerprint density at radius 3 is 2.62 bits per heavy atom. The van der Waals surface area contributed by atoms with Gasteiger partial charge in [-0.3, -0.25) is 4.79 Å². The maximum atomic E-state index is 11.9. The molecule has 1 N–H and O–H groups in total. The van der Waals surface area contributed by atoms with Crippen LogP contribution in [0.25, 0.3) is 0 Å². The van der Waals surface area contributed by atoms with Crippen molar-refractivity contribution in [2.75, 3.05) is 6.61 Å². The molecule has 1 aliphatic carbocycles. The lowest BCUT2D eigenvalue weighted by Crippen LogP contribution is -2.27. The van der Waals surface area contributed by atoms with Gasteiger partial charge in [-0.05, 0) is 74.1 Å². The zero-order valence-electron chi connectivity index (χ0n) is 16.4. The molecule has 0 atom stereocenters. The Morgan fingerprint density at radius 2 is 2.00 bits per heavy atom. The van der Waals surface area contributed by atoms with E-state index in [-0.39, 0.29) is 5.91 Å². The van der Waals surface area contributed by atoms with Crippen LogP contribution in [-0.4, -0.2) is 18.2 Å². The predicted molar refractivity (Wildman–Crippen MR) is 108 cm³/mol.